The fraction of sp³-hybridized carbons (Fsp3) is 0.375. The van der Waals surface area contributed by atoms with E-state index in [1.807, 2.05) is 21.0 Å². The molecule has 4 N–H and O–H groups in total. The number of halogens is 1. The first-order chi connectivity index (χ1) is 16.3. The quantitative estimate of drug-likeness (QED) is 0.498. The minimum Gasteiger partial charge on any atom is -0.474 e. The summed E-state index contributed by atoms with van der Waals surface area (Å²) in [6.45, 7) is 3.03. The van der Waals surface area contributed by atoms with Gasteiger partial charge in [0.2, 0.25) is 5.88 Å². The standard InChI is InChI=1S/C24H27FN6O3/c1-12-17(10-29-23-22(12)27-4-5-34-23)16-6-13-7-19(28-11-18(13)21(26)20(16)25)31(24(32)33)15-8-14(9-15)30(2)3/h6-7,10-11,14-15,27H,4-5,8-9,26H2,1-3H3,(H,32,33)/t14-,15+. The highest BCUT2D eigenvalue weighted by Gasteiger charge is 2.38. The van der Waals surface area contributed by atoms with Crippen LogP contribution in [-0.2, 0) is 0 Å². The van der Waals surface area contributed by atoms with Crippen molar-refractivity contribution in [3.8, 4) is 17.0 Å². The molecule has 3 aromatic rings. The topological polar surface area (TPSA) is 117 Å². The maximum Gasteiger partial charge on any atom is 0.413 e. The number of aromatic nitrogens is 2. The van der Waals surface area contributed by atoms with E-state index in [-0.39, 0.29) is 11.7 Å². The lowest BCUT2D eigenvalue weighted by atomic mass is 9.85. The van der Waals surface area contributed by atoms with Gasteiger partial charge in [0.15, 0.2) is 5.82 Å². The van der Waals surface area contributed by atoms with Gasteiger partial charge in [-0.15, -0.1) is 0 Å². The third kappa shape index (κ3) is 3.54. The Balaban J connectivity index is 1.58. The number of pyridine rings is 2. The summed E-state index contributed by atoms with van der Waals surface area (Å²) in [5.41, 5.74) is 8.54. The first kappa shape index (κ1) is 22.1. The van der Waals surface area contributed by atoms with Crippen LogP contribution in [-0.4, -0.2) is 65.4 Å². The molecule has 9 nitrogen and oxygen atoms in total. The Labute approximate surface area is 196 Å². The van der Waals surface area contributed by atoms with Gasteiger partial charge in [-0.2, -0.15) is 0 Å². The molecule has 0 bridgehead atoms. The number of rotatable bonds is 4. The molecule has 1 aliphatic carbocycles. The van der Waals surface area contributed by atoms with E-state index in [0.717, 1.165) is 24.1 Å². The molecular formula is C24H27FN6O3. The average Bonchev–Trinajstić information content (AvgIpc) is 2.78. The Hall–Kier alpha value is -3.66. The van der Waals surface area contributed by atoms with E-state index in [4.69, 9.17) is 10.5 Å². The summed E-state index contributed by atoms with van der Waals surface area (Å²) in [6, 6.07) is 3.51. The normalized spacial score (nSPS) is 19.2. The molecular weight excluding hydrogens is 439 g/mol. The maximum atomic E-state index is 15.4. The molecule has 5 rings (SSSR count). The van der Waals surface area contributed by atoms with E-state index in [0.29, 0.717) is 52.8 Å². The molecule has 1 aliphatic heterocycles. The van der Waals surface area contributed by atoms with Gasteiger partial charge >= 0.3 is 6.09 Å². The van der Waals surface area contributed by atoms with Crippen LogP contribution in [0.4, 0.5) is 26.4 Å². The van der Waals surface area contributed by atoms with Gasteiger partial charge in [0.1, 0.15) is 18.1 Å². The minimum atomic E-state index is -1.06. The third-order valence-corrected chi connectivity index (χ3v) is 6.86. The molecule has 0 atom stereocenters. The molecule has 1 aromatic carbocycles. The molecule has 178 valence electrons. The van der Waals surface area contributed by atoms with Crippen molar-refractivity contribution in [2.45, 2.75) is 31.8 Å². The van der Waals surface area contributed by atoms with Crippen molar-refractivity contribution < 1.29 is 19.0 Å². The highest BCUT2D eigenvalue weighted by Crippen LogP contribution is 2.40. The zero-order valence-electron chi connectivity index (χ0n) is 19.3. The first-order valence-electron chi connectivity index (χ1n) is 11.2. The molecule has 34 heavy (non-hydrogen) atoms. The van der Waals surface area contributed by atoms with E-state index in [1.165, 1.54) is 11.1 Å². The fourth-order valence-electron chi connectivity index (χ4n) is 4.74. The van der Waals surface area contributed by atoms with Gasteiger partial charge in [-0.25, -0.2) is 19.2 Å². The van der Waals surface area contributed by atoms with Crippen molar-refractivity contribution in [3.05, 3.63) is 35.9 Å². The number of benzene rings is 1. The van der Waals surface area contributed by atoms with Gasteiger partial charge in [0.05, 0.1) is 5.69 Å². The summed E-state index contributed by atoms with van der Waals surface area (Å²) in [6.07, 6.45) is 3.41. The molecule has 1 fully saturated rings. The Morgan fingerprint density at radius 3 is 2.68 bits per heavy atom. The molecule has 2 aromatic heterocycles. The number of nitrogens with one attached hydrogen (secondary N) is 1. The second-order valence-corrected chi connectivity index (χ2v) is 9.06. The number of nitrogens with zero attached hydrogens (tertiary/aromatic N) is 4. The fourth-order valence-corrected chi connectivity index (χ4v) is 4.74. The number of hydrogen-bond donors (Lipinski definition) is 3. The van der Waals surface area contributed by atoms with Gasteiger partial charge < -0.3 is 25.8 Å². The first-order valence-corrected chi connectivity index (χ1v) is 11.2. The van der Waals surface area contributed by atoms with Gasteiger partial charge in [-0.1, -0.05) is 0 Å². The van der Waals surface area contributed by atoms with Crippen LogP contribution in [0.15, 0.2) is 24.5 Å². The predicted molar refractivity (Wildman–Crippen MR) is 129 cm³/mol. The number of ether oxygens (including phenoxy) is 1. The summed E-state index contributed by atoms with van der Waals surface area (Å²) in [7, 11) is 3.97. The van der Waals surface area contributed by atoms with Crippen molar-refractivity contribution in [2.75, 3.05) is 43.2 Å². The second kappa shape index (κ2) is 8.28. The zero-order chi connectivity index (χ0) is 24.1. The molecule has 2 aliphatic rings. The number of fused-ring (bicyclic) bond motifs is 2. The Morgan fingerprint density at radius 2 is 1.97 bits per heavy atom. The van der Waals surface area contributed by atoms with Crippen molar-refractivity contribution in [1.82, 2.24) is 14.9 Å². The van der Waals surface area contributed by atoms with E-state index >= 15 is 4.39 Å². The predicted octanol–water partition coefficient (Wildman–Crippen LogP) is 3.71. The maximum absolute atomic E-state index is 15.4. The molecule has 1 saturated carbocycles. The number of hydrogen-bond acceptors (Lipinski definition) is 7. The van der Waals surface area contributed by atoms with Crippen LogP contribution in [0, 0.1) is 12.7 Å². The molecule has 0 spiro atoms. The zero-order valence-corrected chi connectivity index (χ0v) is 19.3. The monoisotopic (exact) mass is 466 g/mol. The van der Waals surface area contributed by atoms with Crippen LogP contribution in [0.1, 0.15) is 18.4 Å². The van der Waals surface area contributed by atoms with Crippen LogP contribution >= 0.6 is 0 Å². The number of anilines is 3. The number of nitrogens with two attached hydrogens (primary N) is 1. The van der Waals surface area contributed by atoms with Crippen molar-refractivity contribution in [1.29, 1.82) is 0 Å². The second-order valence-electron chi connectivity index (χ2n) is 9.06. The number of carbonyl (C=O) groups is 1. The van der Waals surface area contributed by atoms with E-state index in [9.17, 15) is 9.90 Å². The van der Waals surface area contributed by atoms with Crippen molar-refractivity contribution >= 4 is 34.1 Å². The lowest BCUT2D eigenvalue weighted by Gasteiger charge is -2.43. The van der Waals surface area contributed by atoms with Crippen LogP contribution in [0.3, 0.4) is 0 Å². The van der Waals surface area contributed by atoms with Gasteiger partial charge in [0, 0.05) is 47.5 Å². The smallest absolute Gasteiger partial charge is 0.413 e. The van der Waals surface area contributed by atoms with Crippen LogP contribution in [0.5, 0.6) is 5.88 Å². The molecule has 3 heterocycles. The van der Waals surface area contributed by atoms with Crippen molar-refractivity contribution in [3.63, 3.8) is 0 Å². The Bertz CT molecular complexity index is 1290. The van der Waals surface area contributed by atoms with Crippen LogP contribution < -0.4 is 20.7 Å². The summed E-state index contributed by atoms with van der Waals surface area (Å²) in [4.78, 5) is 24.2. The number of carboxylic acid groups (broad SMARTS) is 1. The third-order valence-electron chi connectivity index (χ3n) is 6.86. The summed E-state index contributed by atoms with van der Waals surface area (Å²) in [5, 5.41) is 14.2. The van der Waals surface area contributed by atoms with E-state index in [2.05, 4.69) is 20.2 Å². The minimum absolute atomic E-state index is 0.0360. The van der Waals surface area contributed by atoms with E-state index in [1.54, 1.807) is 18.3 Å². The number of amides is 1. The van der Waals surface area contributed by atoms with Crippen molar-refractivity contribution in [2.24, 2.45) is 0 Å². The SMILES string of the molecule is Cc1c(-c2cc3cc(N(C(=O)O)[C@H]4C[C@@H](N(C)C)C4)ncc3c(N)c2F)cnc2c1NCCO2. The molecule has 0 unspecified atom stereocenters. The Morgan fingerprint density at radius 1 is 1.21 bits per heavy atom. The van der Waals surface area contributed by atoms with Crippen LogP contribution in [0.25, 0.3) is 21.9 Å². The van der Waals surface area contributed by atoms with E-state index < -0.39 is 11.9 Å². The Kier molecular flexibility index (Phi) is 5.40. The number of nitrogen functional groups attached to an aromatic ring is 1. The average molecular weight is 467 g/mol. The van der Waals surface area contributed by atoms with Gasteiger partial charge in [-0.3, -0.25) is 4.90 Å². The van der Waals surface area contributed by atoms with Gasteiger partial charge in [0.25, 0.3) is 0 Å². The molecule has 0 radical (unpaired) electrons. The van der Waals surface area contributed by atoms with Gasteiger partial charge in [-0.05, 0) is 56.9 Å². The molecule has 10 heteroatoms. The summed E-state index contributed by atoms with van der Waals surface area (Å²) >= 11 is 0. The lowest BCUT2D eigenvalue weighted by Crippen LogP contribution is -2.54. The largest absolute Gasteiger partial charge is 0.474 e. The highest BCUT2D eigenvalue weighted by atomic mass is 19.1. The molecule has 0 saturated heterocycles. The van der Waals surface area contributed by atoms with Crippen LogP contribution in [0.2, 0.25) is 0 Å². The lowest BCUT2D eigenvalue weighted by molar-refractivity contribution is 0.150. The summed E-state index contributed by atoms with van der Waals surface area (Å²) < 4.78 is 21.0. The summed E-state index contributed by atoms with van der Waals surface area (Å²) in [5.74, 6) is 0.225. The highest BCUT2D eigenvalue weighted by molar-refractivity contribution is 5.99. The molecule has 1 amide bonds.